The van der Waals surface area contributed by atoms with Crippen LogP contribution in [0, 0.1) is 0 Å². The van der Waals surface area contributed by atoms with Crippen LogP contribution in [0.1, 0.15) is 37.5 Å². The van der Waals surface area contributed by atoms with Crippen molar-refractivity contribution in [3.05, 3.63) is 34.9 Å². The molecule has 1 aliphatic rings. The topological polar surface area (TPSA) is 21.3 Å². The fraction of sp³-hybridized carbons (Fsp3) is 0.538. The van der Waals surface area contributed by atoms with Crippen molar-refractivity contribution in [3.8, 4) is 0 Å². The molecule has 1 aromatic carbocycles. The van der Waals surface area contributed by atoms with Crippen LogP contribution in [0.2, 0.25) is 0 Å². The molecule has 0 aliphatic carbocycles. The average Bonchev–Trinajstić information content (AvgIpc) is 2.60. The molecule has 2 heteroatoms. The lowest BCUT2D eigenvalue weighted by Crippen LogP contribution is -2.35. The van der Waals surface area contributed by atoms with Gasteiger partial charge in [0.2, 0.25) is 0 Å². The first-order chi connectivity index (χ1) is 7.04. The SMILES string of the molecule is CC(C)(C)NCc1ccc2c(c1)COC2. The highest BCUT2D eigenvalue weighted by atomic mass is 16.5. The van der Waals surface area contributed by atoms with E-state index in [-0.39, 0.29) is 5.54 Å². The summed E-state index contributed by atoms with van der Waals surface area (Å²) in [6, 6.07) is 6.62. The maximum absolute atomic E-state index is 5.39. The number of benzene rings is 1. The zero-order valence-corrected chi connectivity index (χ0v) is 9.76. The molecule has 1 heterocycles. The minimum atomic E-state index is 0.176. The van der Waals surface area contributed by atoms with Gasteiger partial charge < -0.3 is 10.1 Å². The van der Waals surface area contributed by atoms with E-state index < -0.39 is 0 Å². The van der Waals surface area contributed by atoms with Crippen molar-refractivity contribution in [2.75, 3.05) is 0 Å². The van der Waals surface area contributed by atoms with E-state index in [1.54, 1.807) is 0 Å². The van der Waals surface area contributed by atoms with Crippen LogP contribution in [0.15, 0.2) is 18.2 Å². The normalized spacial score (nSPS) is 15.4. The van der Waals surface area contributed by atoms with E-state index in [0.717, 1.165) is 19.8 Å². The maximum Gasteiger partial charge on any atom is 0.0725 e. The summed E-state index contributed by atoms with van der Waals surface area (Å²) in [6.45, 7) is 9.04. The minimum absolute atomic E-state index is 0.176. The van der Waals surface area contributed by atoms with Crippen molar-refractivity contribution in [2.24, 2.45) is 0 Å². The number of fused-ring (bicyclic) bond motifs is 1. The Kier molecular flexibility index (Phi) is 2.81. The third-order valence-electron chi connectivity index (χ3n) is 2.61. The largest absolute Gasteiger partial charge is 0.372 e. The van der Waals surface area contributed by atoms with Gasteiger partial charge in [-0.3, -0.25) is 0 Å². The third-order valence-corrected chi connectivity index (χ3v) is 2.61. The summed E-state index contributed by atoms with van der Waals surface area (Å²) in [4.78, 5) is 0. The molecule has 0 saturated carbocycles. The monoisotopic (exact) mass is 205 g/mol. The van der Waals surface area contributed by atoms with Crippen molar-refractivity contribution in [1.82, 2.24) is 5.32 Å². The van der Waals surface area contributed by atoms with E-state index in [1.165, 1.54) is 16.7 Å². The molecule has 0 fully saturated rings. The Morgan fingerprint density at radius 2 is 1.93 bits per heavy atom. The van der Waals surface area contributed by atoms with E-state index >= 15 is 0 Å². The number of ether oxygens (including phenoxy) is 1. The Labute approximate surface area is 91.6 Å². The van der Waals surface area contributed by atoms with E-state index in [0.29, 0.717) is 0 Å². The fourth-order valence-electron chi connectivity index (χ4n) is 1.70. The third kappa shape index (κ3) is 2.80. The van der Waals surface area contributed by atoms with Crippen LogP contribution in [-0.2, 0) is 24.5 Å². The smallest absolute Gasteiger partial charge is 0.0725 e. The summed E-state index contributed by atoms with van der Waals surface area (Å²) in [6.07, 6.45) is 0. The summed E-state index contributed by atoms with van der Waals surface area (Å²) in [7, 11) is 0. The summed E-state index contributed by atoms with van der Waals surface area (Å²) < 4.78 is 5.39. The van der Waals surface area contributed by atoms with E-state index in [1.807, 2.05) is 0 Å². The van der Waals surface area contributed by atoms with E-state index in [2.05, 4.69) is 44.3 Å². The number of hydrogen-bond acceptors (Lipinski definition) is 2. The summed E-state index contributed by atoms with van der Waals surface area (Å²) >= 11 is 0. The van der Waals surface area contributed by atoms with Gasteiger partial charge in [-0.15, -0.1) is 0 Å². The molecule has 0 radical (unpaired) electrons. The first kappa shape index (κ1) is 10.7. The van der Waals surface area contributed by atoms with Gasteiger partial charge in [-0.1, -0.05) is 18.2 Å². The molecule has 2 nitrogen and oxygen atoms in total. The Bertz CT molecular complexity index is 352. The maximum atomic E-state index is 5.39. The Morgan fingerprint density at radius 1 is 1.20 bits per heavy atom. The van der Waals surface area contributed by atoms with Gasteiger partial charge in [0.25, 0.3) is 0 Å². The molecule has 0 atom stereocenters. The molecule has 1 aliphatic heterocycles. The first-order valence-corrected chi connectivity index (χ1v) is 5.48. The van der Waals surface area contributed by atoms with E-state index in [4.69, 9.17) is 4.74 Å². The van der Waals surface area contributed by atoms with Gasteiger partial charge in [0, 0.05) is 12.1 Å². The molecule has 1 aromatic rings. The lowest BCUT2D eigenvalue weighted by Gasteiger charge is -2.20. The second kappa shape index (κ2) is 3.95. The molecular formula is C13H19NO. The molecule has 1 N–H and O–H groups in total. The highest BCUT2D eigenvalue weighted by Crippen LogP contribution is 2.20. The predicted octanol–water partition coefficient (Wildman–Crippen LogP) is 2.60. The van der Waals surface area contributed by atoms with Crippen molar-refractivity contribution in [2.45, 2.75) is 46.1 Å². The molecule has 0 amide bonds. The van der Waals surface area contributed by atoms with E-state index in [9.17, 15) is 0 Å². The molecular weight excluding hydrogens is 186 g/mol. The fourth-order valence-corrected chi connectivity index (χ4v) is 1.70. The highest BCUT2D eigenvalue weighted by Gasteiger charge is 2.12. The van der Waals surface area contributed by atoms with Crippen molar-refractivity contribution in [3.63, 3.8) is 0 Å². The molecule has 0 saturated heterocycles. The second-order valence-electron chi connectivity index (χ2n) is 5.20. The van der Waals surface area contributed by atoms with Crippen LogP contribution in [0.4, 0.5) is 0 Å². The summed E-state index contributed by atoms with van der Waals surface area (Å²) in [5.41, 5.74) is 4.21. The van der Waals surface area contributed by atoms with Crippen LogP contribution >= 0.6 is 0 Å². The predicted molar refractivity (Wildman–Crippen MR) is 61.5 cm³/mol. The van der Waals surface area contributed by atoms with Crippen LogP contribution in [0.5, 0.6) is 0 Å². The highest BCUT2D eigenvalue weighted by molar-refractivity contribution is 5.33. The van der Waals surface area contributed by atoms with Gasteiger partial charge >= 0.3 is 0 Å². The molecule has 15 heavy (non-hydrogen) atoms. The average molecular weight is 205 g/mol. The minimum Gasteiger partial charge on any atom is -0.372 e. The van der Waals surface area contributed by atoms with Crippen molar-refractivity contribution in [1.29, 1.82) is 0 Å². The number of rotatable bonds is 2. The van der Waals surface area contributed by atoms with Crippen LogP contribution < -0.4 is 5.32 Å². The number of hydrogen-bond donors (Lipinski definition) is 1. The lowest BCUT2D eigenvalue weighted by atomic mass is 10.0. The van der Waals surface area contributed by atoms with Crippen LogP contribution in [0.25, 0.3) is 0 Å². The molecule has 82 valence electrons. The van der Waals surface area contributed by atoms with Crippen molar-refractivity contribution < 1.29 is 4.74 Å². The van der Waals surface area contributed by atoms with Gasteiger partial charge in [-0.2, -0.15) is 0 Å². The lowest BCUT2D eigenvalue weighted by molar-refractivity contribution is 0.134. The Balaban J connectivity index is 2.04. The molecule has 0 spiro atoms. The molecule has 0 bridgehead atoms. The van der Waals surface area contributed by atoms with Gasteiger partial charge in [-0.05, 0) is 37.5 Å². The van der Waals surface area contributed by atoms with Crippen LogP contribution in [-0.4, -0.2) is 5.54 Å². The van der Waals surface area contributed by atoms with Gasteiger partial charge in [0.1, 0.15) is 0 Å². The second-order valence-corrected chi connectivity index (χ2v) is 5.20. The van der Waals surface area contributed by atoms with Gasteiger partial charge in [0.05, 0.1) is 13.2 Å². The molecule has 0 aromatic heterocycles. The molecule has 2 rings (SSSR count). The Hall–Kier alpha value is -0.860. The standard InChI is InChI=1S/C13H19NO/c1-13(2,3)14-7-10-4-5-11-8-15-9-12(11)6-10/h4-6,14H,7-9H2,1-3H3. The Morgan fingerprint density at radius 3 is 2.67 bits per heavy atom. The summed E-state index contributed by atoms with van der Waals surface area (Å²) in [5, 5.41) is 3.49. The molecule has 0 unspecified atom stereocenters. The summed E-state index contributed by atoms with van der Waals surface area (Å²) in [5.74, 6) is 0. The zero-order valence-electron chi connectivity index (χ0n) is 9.76. The van der Waals surface area contributed by atoms with Gasteiger partial charge in [0.15, 0.2) is 0 Å². The van der Waals surface area contributed by atoms with Crippen molar-refractivity contribution >= 4 is 0 Å². The number of nitrogens with one attached hydrogen (secondary N) is 1. The quantitative estimate of drug-likeness (QED) is 0.801. The van der Waals surface area contributed by atoms with Gasteiger partial charge in [-0.25, -0.2) is 0 Å². The first-order valence-electron chi connectivity index (χ1n) is 5.48. The zero-order chi connectivity index (χ0) is 10.9. The van der Waals surface area contributed by atoms with Crippen LogP contribution in [0.3, 0.4) is 0 Å².